The van der Waals surface area contributed by atoms with Gasteiger partial charge in [-0.3, -0.25) is 0 Å². The van der Waals surface area contributed by atoms with Crippen LogP contribution >= 0.6 is 11.8 Å². The molecular weight excluding hydrogens is 266 g/mol. The molecule has 0 radical (unpaired) electrons. The second-order valence-electron chi connectivity index (χ2n) is 6.41. The second kappa shape index (κ2) is 6.44. The zero-order valence-corrected chi connectivity index (χ0v) is 13.4. The fourth-order valence-corrected chi connectivity index (χ4v) is 3.79. The molecule has 0 atom stereocenters. The molecule has 1 aliphatic carbocycles. The highest BCUT2D eigenvalue weighted by molar-refractivity contribution is 7.98. The lowest BCUT2D eigenvalue weighted by molar-refractivity contribution is 0.403. The van der Waals surface area contributed by atoms with Crippen molar-refractivity contribution >= 4 is 11.8 Å². The Morgan fingerprint density at radius 1 is 1.30 bits per heavy atom. The van der Waals surface area contributed by atoms with E-state index in [4.69, 9.17) is 9.97 Å². The van der Waals surface area contributed by atoms with Gasteiger partial charge in [0.05, 0.1) is 17.1 Å². The highest BCUT2D eigenvalue weighted by atomic mass is 32.2. The maximum atomic E-state index is 4.93. The van der Waals surface area contributed by atoms with Gasteiger partial charge in [0.25, 0.3) is 0 Å². The lowest BCUT2D eigenvalue weighted by Crippen LogP contribution is -2.29. The first-order valence-corrected chi connectivity index (χ1v) is 9.06. The van der Waals surface area contributed by atoms with Gasteiger partial charge >= 0.3 is 0 Å². The normalized spacial score (nSPS) is 18.9. The summed E-state index contributed by atoms with van der Waals surface area (Å²) in [6, 6.07) is 0. The van der Waals surface area contributed by atoms with E-state index in [1.165, 1.54) is 42.0 Å². The Balaban J connectivity index is 1.80. The number of hydrogen-bond acceptors (Lipinski definition) is 4. The molecule has 0 saturated heterocycles. The third-order valence-corrected chi connectivity index (χ3v) is 5.55. The van der Waals surface area contributed by atoms with E-state index in [9.17, 15) is 0 Å². The first-order valence-electron chi connectivity index (χ1n) is 7.91. The van der Waals surface area contributed by atoms with Gasteiger partial charge in [-0.2, -0.15) is 11.8 Å². The molecule has 0 aromatic carbocycles. The molecule has 0 unspecified atom stereocenters. The SMILES string of the molecule is CC(C)CSCc1nc2c(c(C3CCC3)n1)CNCC2. The number of aromatic nitrogens is 2. The third kappa shape index (κ3) is 3.17. The molecule has 0 bridgehead atoms. The third-order valence-electron chi connectivity index (χ3n) is 4.19. The largest absolute Gasteiger partial charge is 0.312 e. The van der Waals surface area contributed by atoms with Crippen molar-refractivity contribution in [1.82, 2.24) is 15.3 Å². The average Bonchev–Trinajstić information content (AvgIpc) is 2.36. The van der Waals surface area contributed by atoms with Crippen LogP contribution in [0.3, 0.4) is 0 Å². The Morgan fingerprint density at radius 3 is 2.85 bits per heavy atom. The number of nitrogens with zero attached hydrogens (tertiary/aromatic N) is 2. The van der Waals surface area contributed by atoms with Crippen molar-refractivity contribution in [2.24, 2.45) is 5.92 Å². The van der Waals surface area contributed by atoms with Crippen LogP contribution < -0.4 is 5.32 Å². The van der Waals surface area contributed by atoms with E-state index in [0.717, 1.165) is 37.0 Å². The molecule has 2 aliphatic rings. The summed E-state index contributed by atoms with van der Waals surface area (Å²) >= 11 is 1.97. The summed E-state index contributed by atoms with van der Waals surface area (Å²) in [5.41, 5.74) is 4.10. The van der Waals surface area contributed by atoms with E-state index >= 15 is 0 Å². The Bertz CT molecular complexity index is 469. The van der Waals surface area contributed by atoms with Gasteiger partial charge in [-0.1, -0.05) is 20.3 Å². The minimum Gasteiger partial charge on any atom is -0.312 e. The maximum Gasteiger partial charge on any atom is 0.138 e. The molecule has 1 aromatic heterocycles. The number of fused-ring (bicyclic) bond motifs is 1. The molecule has 2 heterocycles. The van der Waals surface area contributed by atoms with Crippen LogP contribution in [0.25, 0.3) is 0 Å². The van der Waals surface area contributed by atoms with Crippen molar-refractivity contribution in [2.45, 2.75) is 57.7 Å². The Hall–Kier alpha value is -0.610. The molecule has 20 heavy (non-hydrogen) atoms. The summed E-state index contributed by atoms with van der Waals surface area (Å²) in [4.78, 5) is 9.77. The molecule has 1 aliphatic heterocycles. The molecule has 3 rings (SSSR count). The van der Waals surface area contributed by atoms with E-state index in [-0.39, 0.29) is 0 Å². The van der Waals surface area contributed by atoms with Gasteiger partial charge in [0.2, 0.25) is 0 Å². The van der Waals surface area contributed by atoms with E-state index in [2.05, 4.69) is 19.2 Å². The van der Waals surface area contributed by atoms with E-state index in [1.807, 2.05) is 11.8 Å². The topological polar surface area (TPSA) is 37.8 Å². The van der Waals surface area contributed by atoms with Crippen LogP contribution in [-0.2, 0) is 18.7 Å². The van der Waals surface area contributed by atoms with E-state index in [1.54, 1.807) is 0 Å². The number of hydrogen-bond donors (Lipinski definition) is 1. The van der Waals surface area contributed by atoms with Crippen molar-refractivity contribution < 1.29 is 0 Å². The molecule has 1 fully saturated rings. The van der Waals surface area contributed by atoms with Crippen molar-refractivity contribution in [3.05, 3.63) is 22.8 Å². The van der Waals surface area contributed by atoms with Crippen LogP contribution in [0.2, 0.25) is 0 Å². The summed E-state index contributed by atoms with van der Waals surface area (Å²) in [6.45, 7) is 6.58. The van der Waals surface area contributed by atoms with Crippen LogP contribution in [0.1, 0.15) is 61.8 Å². The zero-order chi connectivity index (χ0) is 13.9. The van der Waals surface area contributed by atoms with Crippen LogP contribution in [0.5, 0.6) is 0 Å². The minimum absolute atomic E-state index is 0.709. The van der Waals surface area contributed by atoms with Gasteiger partial charge < -0.3 is 5.32 Å². The summed E-state index contributed by atoms with van der Waals surface area (Å²) in [6.07, 6.45) is 5.08. The molecule has 4 heteroatoms. The maximum absolute atomic E-state index is 4.93. The smallest absolute Gasteiger partial charge is 0.138 e. The first-order chi connectivity index (χ1) is 9.74. The highest BCUT2D eigenvalue weighted by Gasteiger charge is 2.27. The minimum atomic E-state index is 0.709. The van der Waals surface area contributed by atoms with Gasteiger partial charge in [0, 0.05) is 31.0 Å². The Morgan fingerprint density at radius 2 is 2.15 bits per heavy atom. The average molecular weight is 291 g/mol. The number of thioether (sulfide) groups is 1. The van der Waals surface area contributed by atoms with Crippen molar-refractivity contribution in [1.29, 1.82) is 0 Å². The standard InChI is InChI=1S/C16H25N3S/c1-11(2)9-20-10-15-18-14-6-7-17-8-13(14)16(19-15)12-4-3-5-12/h11-12,17H,3-10H2,1-2H3. The molecule has 0 spiro atoms. The lowest BCUT2D eigenvalue weighted by atomic mass is 9.80. The van der Waals surface area contributed by atoms with Crippen molar-refractivity contribution in [3.8, 4) is 0 Å². The summed E-state index contributed by atoms with van der Waals surface area (Å²) in [7, 11) is 0. The zero-order valence-electron chi connectivity index (χ0n) is 12.6. The molecule has 0 amide bonds. The predicted molar refractivity (Wildman–Crippen MR) is 85.0 cm³/mol. The van der Waals surface area contributed by atoms with Crippen molar-refractivity contribution in [2.75, 3.05) is 12.3 Å². The number of rotatable bonds is 5. The lowest BCUT2D eigenvalue weighted by Gasteiger charge is -2.29. The van der Waals surface area contributed by atoms with Crippen LogP contribution in [0.4, 0.5) is 0 Å². The molecule has 1 saturated carbocycles. The first kappa shape index (κ1) is 14.3. The summed E-state index contributed by atoms with van der Waals surface area (Å²) in [5, 5.41) is 3.48. The quantitative estimate of drug-likeness (QED) is 0.903. The van der Waals surface area contributed by atoms with Crippen molar-refractivity contribution in [3.63, 3.8) is 0 Å². The molecular formula is C16H25N3S. The van der Waals surface area contributed by atoms with Gasteiger partial charge in [-0.15, -0.1) is 0 Å². The highest BCUT2D eigenvalue weighted by Crippen LogP contribution is 2.38. The number of nitrogens with one attached hydrogen (secondary N) is 1. The van der Waals surface area contributed by atoms with Crippen LogP contribution in [0.15, 0.2) is 0 Å². The van der Waals surface area contributed by atoms with Gasteiger partial charge in [0.1, 0.15) is 5.82 Å². The fourth-order valence-electron chi connectivity index (χ4n) is 2.89. The molecule has 1 aromatic rings. The van der Waals surface area contributed by atoms with Gasteiger partial charge in [-0.25, -0.2) is 9.97 Å². The molecule has 1 N–H and O–H groups in total. The molecule has 3 nitrogen and oxygen atoms in total. The Kier molecular flexibility index (Phi) is 4.61. The van der Waals surface area contributed by atoms with Gasteiger partial charge in [-0.05, 0) is 24.5 Å². The van der Waals surface area contributed by atoms with Crippen LogP contribution in [0, 0.1) is 5.92 Å². The molecule has 110 valence electrons. The predicted octanol–water partition coefficient (Wildman–Crippen LogP) is 3.28. The second-order valence-corrected chi connectivity index (χ2v) is 7.44. The van der Waals surface area contributed by atoms with E-state index in [0.29, 0.717) is 5.92 Å². The van der Waals surface area contributed by atoms with E-state index < -0.39 is 0 Å². The summed E-state index contributed by atoms with van der Waals surface area (Å²) < 4.78 is 0. The Labute approximate surface area is 126 Å². The van der Waals surface area contributed by atoms with Crippen LogP contribution in [-0.4, -0.2) is 22.3 Å². The van der Waals surface area contributed by atoms with Gasteiger partial charge in [0.15, 0.2) is 0 Å². The fraction of sp³-hybridized carbons (Fsp3) is 0.750. The summed E-state index contributed by atoms with van der Waals surface area (Å²) in [5.74, 6) is 4.69. The monoisotopic (exact) mass is 291 g/mol.